The highest BCUT2D eigenvalue weighted by Crippen LogP contribution is 2.21. The summed E-state index contributed by atoms with van der Waals surface area (Å²) in [6, 6.07) is 4.73. The first kappa shape index (κ1) is 12.6. The van der Waals surface area contributed by atoms with E-state index in [2.05, 4.69) is 21.2 Å². The third-order valence-corrected chi connectivity index (χ3v) is 2.64. The number of hydrogen-bond acceptors (Lipinski definition) is 2. The van der Waals surface area contributed by atoms with Gasteiger partial charge >= 0.3 is 0 Å². The molecule has 2 atom stereocenters. The van der Waals surface area contributed by atoms with E-state index in [-0.39, 0.29) is 11.9 Å². The normalized spacial score (nSPS) is 15.0. The molecule has 0 aromatic heterocycles. The Morgan fingerprint density at radius 3 is 2.73 bits per heavy atom. The van der Waals surface area contributed by atoms with Gasteiger partial charge in [-0.1, -0.05) is 15.9 Å². The van der Waals surface area contributed by atoms with E-state index in [9.17, 15) is 4.39 Å². The van der Waals surface area contributed by atoms with Crippen LogP contribution in [0, 0.1) is 5.82 Å². The summed E-state index contributed by atoms with van der Waals surface area (Å²) >= 11 is 3.30. The van der Waals surface area contributed by atoms with Gasteiger partial charge in [-0.2, -0.15) is 0 Å². The van der Waals surface area contributed by atoms with Crippen molar-refractivity contribution in [3.8, 4) is 0 Å². The number of benzene rings is 1. The highest BCUT2D eigenvalue weighted by Gasteiger charge is 2.11. The second kappa shape index (κ2) is 5.58. The van der Waals surface area contributed by atoms with E-state index >= 15 is 0 Å². The van der Waals surface area contributed by atoms with Gasteiger partial charge in [-0.25, -0.2) is 4.39 Å². The average molecular weight is 276 g/mol. The Balaban J connectivity index is 2.72. The first-order valence-corrected chi connectivity index (χ1v) is 5.66. The van der Waals surface area contributed by atoms with Gasteiger partial charge in [0.15, 0.2) is 0 Å². The predicted octanol–water partition coefficient (Wildman–Crippen LogP) is 2.62. The molecule has 0 saturated carbocycles. The first-order valence-electron chi connectivity index (χ1n) is 4.87. The minimum absolute atomic E-state index is 0.114. The van der Waals surface area contributed by atoms with Crippen molar-refractivity contribution in [2.75, 3.05) is 6.54 Å². The van der Waals surface area contributed by atoms with Crippen molar-refractivity contribution >= 4 is 15.9 Å². The molecule has 0 radical (unpaired) electrons. The van der Waals surface area contributed by atoms with E-state index in [1.165, 1.54) is 6.07 Å². The SMILES string of the molecule is CC(NC[C@@H](C)O)c1cc(Br)ccc1F. The Morgan fingerprint density at radius 2 is 2.13 bits per heavy atom. The lowest BCUT2D eigenvalue weighted by Crippen LogP contribution is -2.27. The Morgan fingerprint density at radius 1 is 1.47 bits per heavy atom. The molecule has 84 valence electrons. The van der Waals surface area contributed by atoms with E-state index in [0.717, 1.165) is 4.47 Å². The van der Waals surface area contributed by atoms with Crippen molar-refractivity contribution in [2.24, 2.45) is 0 Å². The van der Waals surface area contributed by atoms with E-state index < -0.39 is 6.10 Å². The van der Waals surface area contributed by atoms with Gasteiger partial charge in [0, 0.05) is 22.6 Å². The fraction of sp³-hybridized carbons (Fsp3) is 0.455. The summed E-state index contributed by atoms with van der Waals surface area (Å²) in [6.07, 6.45) is -0.428. The molecule has 0 saturated heterocycles. The van der Waals surface area contributed by atoms with Crippen molar-refractivity contribution in [1.82, 2.24) is 5.32 Å². The van der Waals surface area contributed by atoms with Crippen LogP contribution in [0.25, 0.3) is 0 Å². The molecule has 1 aromatic carbocycles. The minimum atomic E-state index is -0.428. The van der Waals surface area contributed by atoms with Gasteiger partial charge in [-0.15, -0.1) is 0 Å². The summed E-state index contributed by atoms with van der Waals surface area (Å²) in [5.41, 5.74) is 0.602. The molecule has 0 aliphatic rings. The maximum absolute atomic E-state index is 13.4. The van der Waals surface area contributed by atoms with E-state index in [0.29, 0.717) is 12.1 Å². The fourth-order valence-electron chi connectivity index (χ4n) is 1.30. The number of aliphatic hydroxyl groups is 1. The molecule has 1 rings (SSSR count). The quantitative estimate of drug-likeness (QED) is 0.886. The number of halogens is 2. The lowest BCUT2D eigenvalue weighted by Gasteiger charge is -2.16. The lowest BCUT2D eigenvalue weighted by molar-refractivity contribution is 0.187. The summed E-state index contributed by atoms with van der Waals surface area (Å²) in [7, 11) is 0. The molecule has 0 amide bonds. The van der Waals surface area contributed by atoms with Crippen molar-refractivity contribution in [3.05, 3.63) is 34.1 Å². The van der Waals surface area contributed by atoms with E-state index in [1.54, 1.807) is 19.1 Å². The van der Waals surface area contributed by atoms with Crippen LogP contribution in [0.1, 0.15) is 25.5 Å². The monoisotopic (exact) mass is 275 g/mol. The summed E-state index contributed by atoms with van der Waals surface area (Å²) < 4.78 is 14.3. The Labute approximate surface area is 97.6 Å². The van der Waals surface area contributed by atoms with Crippen LogP contribution in [0.2, 0.25) is 0 Å². The molecule has 0 aliphatic heterocycles. The Hall–Kier alpha value is -0.450. The maximum atomic E-state index is 13.4. The zero-order chi connectivity index (χ0) is 11.4. The molecule has 15 heavy (non-hydrogen) atoms. The second-order valence-corrected chi connectivity index (χ2v) is 4.56. The van der Waals surface area contributed by atoms with Gasteiger partial charge in [-0.05, 0) is 32.0 Å². The molecule has 0 fully saturated rings. The number of nitrogens with one attached hydrogen (secondary N) is 1. The standard InChI is InChI=1S/C11H15BrFNO/c1-7(15)6-14-8(2)10-5-9(12)3-4-11(10)13/h3-5,7-8,14-15H,6H2,1-2H3/t7-,8?/m1/s1. The molecule has 0 bridgehead atoms. The smallest absolute Gasteiger partial charge is 0.128 e. The molecular formula is C11H15BrFNO. The van der Waals surface area contributed by atoms with Crippen LogP contribution in [0.5, 0.6) is 0 Å². The largest absolute Gasteiger partial charge is 0.392 e. The highest BCUT2D eigenvalue weighted by atomic mass is 79.9. The molecule has 0 aliphatic carbocycles. The van der Waals surface area contributed by atoms with Gasteiger partial charge in [0.1, 0.15) is 5.82 Å². The summed E-state index contributed by atoms with van der Waals surface area (Å²) in [4.78, 5) is 0. The Kier molecular flexibility index (Phi) is 4.70. The van der Waals surface area contributed by atoms with E-state index in [4.69, 9.17) is 5.11 Å². The van der Waals surface area contributed by atoms with Crippen LogP contribution in [0.15, 0.2) is 22.7 Å². The number of rotatable bonds is 4. The van der Waals surface area contributed by atoms with Gasteiger partial charge in [0.2, 0.25) is 0 Å². The van der Waals surface area contributed by atoms with Crippen molar-refractivity contribution in [3.63, 3.8) is 0 Å². The molecule has 4 heteroatoms. The van der Waals surface area contributed by atoms with Crippen molar-refractivity contribution in [1.29, 1.82) is 0 Å². The fourth-order valence-corrected chi connectivity index (χ4v) is 1.68. The molecular weight excluding hydrogens is 261 g/mol. The molecule has 2 N–H and O–H groups in total. The van der Waals surface area contributed by atoms with Crippen LogP contribution in [0.3, 0.4) is 0 Å². The van der Waals surface area contributed by atoms with Crippen molar-refractivity contribution < 1.29 is 9.50 Å². The zero-order valence-corrected chi connectivity index (χ0v) is 10.4. The first-order chi connectivity index (χ1) is 7.00. The van der Waals surface area contributed by atoms with Gasteiger partial charge in [0.25, 0.3) is 0 Å². The number of hydrogen-bond donors (Lipinski definition) is 2. The van der Waals surface area contributed by atoms with Gasteiger partial charge in [-0.3, -0.25) is 0 Å². The minimum Gasteiger partial charge on any atom is -0.392 e. The van der Waals surface area contributed by atoms with Crippen LogP contribution >= 0.6 is 15.9 Å². The van der Waals surface area contributed by atoms with Crippen molar-refractivity contribution in [2.45, 2.75) is 26.0 Å². The topological polar surface area (TPSA) is 32.3 Å². The second-order valence-electron chi connectivity index (χ2n) is 3.64. The van der Waals surface area contributed by atoms with Gasteiger partial charge < -0.3 is 10.4 Å². The van der Waals surface area contributed by atoms with Crippen LogP contribution in [-0.4, -0.2) is 17.8 Å². The average Bonchev–Trinajstić information content (AvgIpc) is 2.18. The van der Waals surface area contributed by atoms with Crippen LogP contribution in [-0.2, 0) is 0 Å². The predicted molar refractivity (Wildman–Crippen MR) is 62.2 cm³/mol. The molecule has 1 aromatic rings. The third kappa shape index (κ3) is 3.89. The number of aliphatic hydroxyl groups excluding tert-OH is 1. The van der Waals surface area contributed by atoms with Crippen LogP contribution < -0.4 is 5.32 Å². The van der Waals surface area contributed by atoms with Crippen LogP contribution in [0.4, 0.5) is 4.39 Å². The summed E-state index contributed by atoms with van der Waals surface area (Å²) in [6.45, 7) is 4.01. The highest BCUT2D eigenvalue weighted by molar-refractivity contribution is 9.10. The summed E-state index contributed by atoms with van der Waals surface area (Å²) in [5.74, 6) is -0.233. The molecule has 2 nitrogen and oxygen atoms in total. The molecule has 0 spiro atoms. The molecule has 0 heterocycles. The lowest BCUT2D eigenvalue weighted by atomic mass is 10.1. The molecule has 1 unspecified atom stereocenters. The van der Waals surface area contributed by atoms with E-state index in [1.807, 2.05) is 6.92 Å². The zero-order valence-electron chi connectivity index (χ0n) is 8.80. The Bertz CT molecular complexity index is 330. The maximum Gasteiger partial charge on any atom is 0.128 e. The third-order valence-electron chi connectivity index (χ3n) is 2.14. The summed E-state index contributed by atoms with van der Waals surface area (Å²) in [5, 5.41) is 12.2. The van der Waals surface area contributed by atoms with Gasteiger partial charge in [0.05, 0.1) is 6.10 Å².